The van der Waals surface area contributed by atoms with Crippen molar-refractivity contribution in [3.63, 3.8) is 0 Å². The van der Waals surface area contributed by atoms with E-state index in [9.17, 15) is 31.9 Å². The van der Waals surface area contributed by atoms with Crippen molar-refractivity contribution in [1.82, 2.24) is 24.6 Å². The van der Waals surface area contributed by atoms with Crippen LogP contribution in [0.2, 0.25) is 0 Å². The molecule has 51 heavy (non-hydrogen) atoms. The van der Waals surface area contributed by atoms with Crippen LogP contribution < -0.4 is 24.7 Å². The standard InChI is InChI=1S/C35H32F2N6O7S/c1-41-31-27(32(40-41)42(51(4,47)48)19-20-8-10-24(49-2)11-9-20)6-5-7-30(31)43-33(38-28-18-25(50-3)12-13-26(28)34(43)44)29(39-35(45)46)16-21-14-22(36)17-23(37)15-21/h5-15,17-18,29,39H,16,19H2,1-4H3,(H,45,46)/t29-/m0/s1. The summed E-state index contributed by atoms with van der Waals surface area (Å²) in [7, 11) is 0.628. The van der Waals surface area contributed by atoms with Gasteiger partial charge in [0.2, 0.25) is 10.0 Å². The van der Waals surface area contributed by atoms with Crippen molar-refractivity contribution in [2.24, 2.45) is 7.05 Å². The number of aryl methyl sites for hydroxylation is 1. The van der Waals surface area contributed by atoms with E-state index in [1.165, 1.54) is 35.6 Å². The lowest BCUT2D eigenvalue weighted by Crippen LogP contribution is -2.35. The first kappa shape index (κ1) is 34.8. The number of fused-ring (bicyclic) bond motifs is 2. The van der Waals surface area contributed by atoms with Gasteiger partial charge in [-0.05, 0) is 59.7 Å². The van der Waals surface area contributed by atoms with Crippen LogP contribution in [-0.4, -0.2) is 59.4 Å². The van der Waals surface area contributed by atoms with Crippen molar-refractivity contribution in [3.8, 4) is 17.2 Å². The molecule has 1 amide bonds. The van der Waals surface area contributed by atoms with E-state index in [1.807, 2.05) is 0 Å². The Morgan fingerprint density at radius 3 is 2.24 bits per heavy atom. The first-order chi connectivity index (χ1) is 24.3. The Balaban J connectivity index is 1.60. The summed E-state index contributed by atoms with van der Waals surface area (Å²) in [6, 6.07) is 17.8. The van der Waals surface area contributed by atoms with Gasteiger partial charge in [-0.2, -0.15) is 5.10 Å². The van der Waals surface area contributed by atoms with Gasteiger partial charge >= 0.3 is 6.09 Å². The number of aromatic nitrogens is 4. The Kier molecular flexibility index (Phi) is 9.36. The molecule has 0 bridgehead atoms. The highest BCUT2D eigenvalue weighted by molar-refractivity contribution is 7.92. The summed E-state index contributed by atoms with van der Waals surface area (Å²) in [4.78, 5) is 31.4. The van der Waals surface area contributed by atoms with Gasteiger partial charge in [0.25, 0.3) is 5.56 Å². The van der Waals surface area contributed by atoms with Gasteiger partial charge in [0.1, 0.15) is 29.0 Å². The second-order valence-electron chi connectivity index (χ2n) is 11.7. The average molecular weight is 719 g/mol. The van der Waals surface area contributed by atoms with E-state index < -0.39 is 39.4 Å². The lowest BCUT2D eigenvalue weighted by Gasteiger charge is -2.23. The average Bonchev–Trinajstić information content (AvgIpc) is 3.41. The number of nitrogens with one attached hydrogen (secondary N) is 1. The van der Waals surface area contributed by atoms with E-state index in [0.717, 1.165) is 22.7 Å². The summed E-state index contributed by atoms with van der Waals surface area (Å²) in [6.45, 7) is -0.0709. The molecule has 0 saturated carbocycles. The molecule has 6 rings (SSSR count). The van der Waals surface area contributed by atoms with Gasteiger partial charge in [0.15, 0.2) is 5.82 Å². The minimum Gasteiger partial charge on any atom is -0.497 e. The number of carbonyl (C=O) groups is 1. The van der Waals surface area contributed by atoms with Gasteiger partial charge in [-0.1, -0.05) is 18.2 Å². The molecule has 0 aliphatic rings. The number of sulfonamides is 1. The molecular weight excluding hydrogens is 686 g/mol. The van der Waals surface area contributed by atoms with Crippen LogP contribution in [0.5, 0.6) is 11.5 Å². The summed E-state index contributed by atoms with van der Waals surface area (Å²) in [5.41, 5.74) is 0.836. The maximum absolute atomic E-state index is 14.5. The summed E-state index contributed by atoms with van der Waals surface area (Å²) in [5, 5.41) is 17.3. The predicted molar refractivity (Wildman–Crippen MR) is 186 cm³/mol. The molecule has 1 atom stereocenters. The van der Waals surface area contributed by atoms with Crippen molar-refractivity contribution in [2.75, 3.05) is 24.8 Å². The number of rotatable bonds is 11. The molecule has 4 aromatic carbocycles. The fourth-order valence-electron chi connectivity index (χ4n) is 6.01. The van der Waals surface area contributed by atoms with Crippen LogP contribution in [0, 0.1) is 11.6 Å². The number of anilines is 1. The van der Waals surface area contributed by atoms with Crippen molar-refractivity contribution in [3.05, 3.63) is 118 Å². The third-order valence-electron chi connectivity index (χ3n) is 8.26. The molecule has 264 valence electrons. The van der Waals surface area contributed by atoms with E-state index >= 15 is 0 Å². The molecule has 0 fully saturated rings. The molecule has 0 spiro atoms. The van der Waals surface area contributed by atoms with E-state index in [4.69, 9.17) is 14.5 Å². The lowest BCUT2D eigenvalue weighted by atomic mass is 10.0. The molecule has 6 aromatic rings. The number of nitrogens with zero attached hydrogens (tertiary/aromatic N) is 5. The third kappa shape index (κ3) is 7.03. The van der Waals surface area contributed by atoms with Gasteiger partial charge in [-0.3, -0.25) is 14.0 Å². The zero-order valence-corrected chi connectivity index (χ0v) is 28.6. The van der Waals surface area contributed by atoms with Crippen molar-refractivity contribution < 1.29 is 36.6 Å². The topological polar surface area (TPSA) is 158 Å². The van der Waals surface area contributed by atoms with Crippen LogP contribution in [0.4, 0.5) is 19.4 Å². The molecule has 0 radical (unpaired) electrons. The second kappa shape index (κ2) is 13.7. The molecule has 0 aliphatic heterocycles. The second-order valence-corrected chi connectivity index (χ2v) is 13.6. The normalized spacial score (nSPS) is 12.2. The van der Waals surface area contributed by atoms with Gasteiger partial charge in [0.05, 0.1) is 55.2 Å². The Morgan fingerprint density at radius 2 is 1.61 bits per heavy atom. The van der Waals surface area contributed by atoms with E-state index in [-0.39, 0.29) is 46.8 Å². The van der Waals surface area contributed by atoms with Crippen LogP contribution in [-0.2, 0) is 30.0 Å². The highest BCUT2D eigenvalue weighted by Gasteiger charge is 2.29. The Hall–Kier alpha value is -6.03. The minimum absolute atomic E-state index is 0.0709. The quantitative estimate of drug-likeness (QED) is 0.186. The molecule has 0 aliphatic carbocycles. The first-order valence-corrected chi connectivity index (χ1v) is 17.2. The third-order valence-corrected chi connectivity index (χ3v) is 9.36. The van der Waals surface area contributed by atoms with Gasteiger partial charge < -0.3 is 19.9 Å². The number of halogens is 2. The maximum Gasteiger partial charge on any atom is 0.405 e. The van der Waals surface area contributed by atoms with E-state index in [0.29, 0.717) is 34.0 Å². The van der Waals surface area contributed by atoms with Crippen LogP contribution >= 0.6 is 0 Å². The molecule has 0 saturated heterocycles. The number of para-hydroxylation sites is 1. The number of hydrogen-bond donors (Lipinski definition) is 2. The van der Waals surface area contributed by atoms with Crippen molar-refractivity contribution in [1.29, 1.82) is 0 Å². The number of carboxylic acid groups (broad SMARTS) is 1. The Morgan fingerprint density at radius 1 is 0.941 bits per heavy atom. The molecule has 13 nitrogen and oxygen atoms in total. The van der Waals surface area contributed by atoms with E-state index in [2.05, 4.69) is 10.4 Å². The lowest BCUT2D eigenvalue weighted by molar-refractivity contribution is 0.189. The van der Waals surface area contributed by atoms with Crippen LogP contribution in [0.1, 0.15) is 23.0 Å². The fourth-order valence-corrected chi connectivity index (χ4v) is 6.84. The summed E-state index contributed by atoms with van der Waals surface area (Å²) >= 11 is 0. The van der Waals surface area contributed by atoms with Crippen LogP contribution in [0.15, 0.2) is 83.7 Å². The van der Waals surface area contributed by atoms with Gasteiger partial charge in [-0.25, -0.2) is 31.3 Å². The van der Waals surface area contributed by atoms with Crippen LogP contribution in [0.3, 0.4) is 0 Å². The van der Waals surface area contributed by atoms with E-state index in [1.54, 1.807) is 55.6 Å². The number of hydrogen-bond acceptors (Lipinski definition) is 8. The molecule has 16 heteroatoms. The molecule has 2 aromatic heterocycles. The van der Waals surface area contributed by atoms with Gasteiger partial charge in [-0.15, -0.1) is 0 Å². The number of benzene rings is 4. The summed E-state index contributed by atoms with van der Waals surface area (Å²) < 4.78 is 69.3. The molecule has 0 unspecified atom stereocenters. The highest BCUT2D eigenvalue weighted by atomic mass is 32.2. The highest BCUT2D eigenvalue weighted by Crippen LogP contribution is 2.34. The summed E-state index contributed by atoms with van der Waals surface area (Å²) in [5.74, 6) is -0.795. The van der Waals surface area contributed by atoms with Crippen LogP contribution in [0.25, 0.3) is 27.5 Å². The Labute approximate surface area is 290 Å². The molecule has 2 heterocycles. The van der Waals surface area contributed by atoms with Gasteiger partial charge in [0, 0.05) is 31.0 Å². The largest absolute Gasteiger partial charge is 0.497 e. The smallest absolute Gasteiger partial charge is 0.405 e. The Bertz CT molecular complexity index is 2450. The van der Waals surface area contributed by atoms with Crippen molar-refractivity contribution >= 4 is 43.7 Å². The SMILES string of the molecule is COc1ccc(CN(c2nn(C)c3c(-n4c([C@H](Cc5cc(F)cc(F)c5)NC(=O)O)nc5cc(OC)ccc5c4=O)cccc23)S(C)(=O)=O)cc1. The predicted octanol–water partition coefficient (Wildman–Crippen LogP) is 5.09. The summed E-state index contributed by atoms with van der Waals surface area (Å²) in [6.07, 6.45) is -0.714. The minimum atomic E-state index is -3.91. The monoisotopic (exact) mass is 718 g/mol. The molecule has 2 N–H and O–H groups in total. The zero-order valence-electron chi connectivity index (χ0n) is 27.8. The zero-order chi connectivity index (χ0) is 36.6. The number of amides is 1. The fraction of sp³-hybridized carbons (Fsp3) is 0.200. The number of ether oxygens (including phenoxy) is 2. The first-order valence-electron chi connectivity index (χ1n) is 15.4. The number of methoxy groups -OCH3 is 2. The van der Waals surface area contributed by atoms with Crippen molar-refractivity contribution in [2.45, 2.75) is 19.0 Å². The maximum atomic E-state index is 14.5. The molecular formula is C35H32F2N6O7S.